The van der Waals surface area contributed by atoms with Crippen molar-refractivity contribution in [1.29, 1.82) is 0 Å². The summed E-state index contributed by atoms with van der Waals surface area (Å²) >= 11 is 0. The molecule has 0 bridgehead atoms. The number of carboxylic acids is 1. The van der Waals surface area contributed by atoms with Crippen molar-refractivity contribution in [2.45, 2.75) is 45.1 Å². The minimum Gasteiger partial charge on any atom is -0.481 e. The zero-order valence-corrected chi connectivity index (χ0v) is 10.9. The Morgan fingerprint density at radius 1 is 1.47 bits per heavy atom. The molecule has 0 saturated carbocycles. The third kappa shape index (κ3) is 4.25. The van der Waals surface area contributed by atoms with E-state index in [0.29, 0.717) is 19.5 Å². The largest absolute Gasteiger partial charge is 0.481 e. The van der Waals surface area contributed by atoms with Gasteiger partial charge in [-0.1, -0.05) is 13.3 Å². The first kappa shape index (κ1) is 14.4. The van der Waals surface area contributed by atoms with E-state index >= 15 is 0 Å². The quantitative estimate of drug-likeness (QED) is 0.734. The molecule has 7 heteroatoms. The van der Waals surface area contributed by atoms with Crippen LogP contribution in [0.3, 0.4) is 0 Å². The summed E-state index contributed by atoms with van der Waals surface area (Å²) in [6.45, 7) is 2.57. The van der Waals surface area contributed by atoms with Gasteiger partial charge in [0.25, 0.3) is 10.2 Å². The average molecular weight is 264 g/mol. The molecule has 1 unspecified atom stereocenters. The van der Waals surface area contributed by atoms with Gasteiger partial charge >= 0.3 is 5.97 Å². The van der Waals surface area contributed by atoms with Gasteiger partial charge in [0.15, 0.2) is 0 Å². The van der Waals surface area contributed by atoms with E-state index < -0.39 is 16.2 Å². The van der Waals surface area contributed by atoms with Crippen LogP contribution in [0.1, 0.15) is 39.0 Å². The summed E-state index contributed by atoms with van der Waals surface area (Å²) in [6, 6.07) is -0.177. The Kier molecular flexibility index (Phi) is 5.35. The molecule has 1 aliphatic rings. The number of carbonyl (C=O) groups is 1. The van der Waals surface area contributed by atoms with Crippen molar-refractivity contribution in [1.82, 2.24) is 9.03 Å². The average Bonchev–Trinajstić information content (AvgIpc) is 2.26. The van der Waals surface area contributed by atoms with Crippen LogP contribution in [0.15, 0.2) is 0 Å². The molecule has 1 aliphatic heterocycles. The van der Waals surface area contributed by atoms with Gasteiger partial charge < -0.3 is 5.11 Å². The molecular formula is C10H20N2O4S. The first-order chi connectivity index (χ1) is 7.97. The molecule has 1 saturated heterocycles. The molecule has 1 fully saturated rings. The maximum atomic E-state index is 11.9. The van der Waals surface area contributed by atoms with E-state index in [1.807, 2.05) is 0 Å². The first-order valence-electron chi connectivity index (χ1n) is 5.95. The fourth-order valence-electron chi connectivity index (χ4n) is 2.13. The zero-order chi connectivity index (χ0) is 12.9. The van der Waals surface area contributed by atoms with Crippen LogP contribution in [-0.2, 0) is 15.0 Å². The lowest BCUT2D eigenvalue weighted by molar-refractivity contribution is -0.137. The minimum atomic E-state index is -3.44. The van der Waals surface area contributed by atoms with Crippen LogP contribution < -0.4 is 4.72 Å². The first-order valence-corrected chi connectivity index (χ1v) is 7.39. The van der Waals surface area contributed by atoms with Crippen molar-refractivity contribution in [3.05, 3.63) is 0 Å². The van der Waals surface area contributed by atoms with Crippen LogP contribution in [-0.4, -0.2) is 42.9 Å². The van der Waals surface area contributed by atoms with E-state index in [2.05, 4.69) is 4.72 Å². The molecule has 0 amide bonds. The Hall–Kier alpha value is -0.660. The van der Waals surface area contributed by atoms with Crippen LogP contribution in [0.25, 0.3) is 0 Å². The number of aliphatic carboxylic acids is 1. The molecular weight excluding hydrogens is 244 g/mol. The summed E-state index contributed by atoms with van der Waals surface area (Å²) in [5.41, 5.74) is 0. The molecule has 0 radical (unpaired) electrons. The molecule has 0 aromatic rings. The summed E-state index contributed by atoms with van der Waals surface area (Å²) in [4.78, 5) is 10.5. The van der Waals surface area contributed by atoms with E-state index in [9.17, 15) is 13.2 Å². The number of rotatable bonds is 6. The van der Waals surface area contributed by atoms with Gasteiger partial charge in [-0.3, -0.25) is 4.79 Å². The minimum absolute atomic E-state index is 0.0167. The van der Waals surface area contributed by atoms with Crippen molar-refractivity contribution in [3.63, 3.8) is 0 Å². The number of hydrogen-bond acceptors (Lipinski definition) is 3. The van der Waals surface area contributed by atoms with Crippen molar-refractivity contribution >= 4 is 16.2 Å². The molecule has 17 heavy (non-hydrogen) atoms. The standard InChI is InChI=1S/C10H20N2O4S/c1-2-11-17(15,16)12-8-4-3-5-9(12)6-7-10(13)14/h9,11H,2-8H2,1H3,(H,13,14). The number of nitrogens with one attached hydrogen (secondary N) is 1. The maximum absolute atomic E-state index is 11.9. The van der Waals surface area contributed by atoms with Crippen molar-refractivity contribution < 1.29 is 18.3 Å². The number of hydrogen-bond donors (Lipinski definition) is 2. The Balaban J connectivity index is 2.68. The zero-order valence-electron chi connectivity index (χ0n) is 10.1. The van der Waals surface area contributed by atoms with E-state index in [1.54, 1.807) is 6.92 Å². The van der Waals surface area contributed by atoms with Crippen LogP contribution >= 0.6 is 0 Å². The van der Waals surface area contributed by atoms with E-state index in [-0.39, 0.29) is 12.5 Å². The molecule has 0 aromatic heterocycles. The number of nitrogens with zero attached hydrogens (tertiary/aromatic N) is 1. The fourth-order valence-corrected chi connectivity index (χ4v) is 3.64. The molecule has 1 atom stereocenters. The second kappa shape index (κ2) is 6.32. The SMILES string of the molecule is CCNS(=O)(=O)N1CCCCC1CCC(=O)O. The van der Waals surface area contributed by atoms with Gasteiger partial charge in [0, 0.05) is 25.6 Å². The maximum Gasteiger partial charge on any atom is 0.303 e. The van der Waals surface area contributed by atoms with Gasteiger partial charge in [-0.25, -0.2) is 4.72 Å². The van der Waals surface area contributed by atoms with Crippen LogP contribution in [0.4, 0.5) is 0 Å². The van der Waals surface area contributed by atoms with E-state index in [0.717, 1.165) is 19.3 Å². The lowest BCUT2D eigenvalue weighted by Crippen LogP contribution is -2.49. The van der Waals surface area contributed by atoms with Gasteiger partial charge in [0.2, 0.25) is 0 Å². The molecule has 0 aliphatic carbocycles. The lowest BCUT2D eigenvalue weighted by Gasteiger charge is -2.34. The van der Waals surface area contributed by atoms with Gasteiger partial charge in [0.1, 0.15) is 0 Å². The summed E-state index contributed by atoms with van der Waals surface area (Å²) in [5.74, 6) is -0.878. The predicted molar refractivity (Wildman–Crippen MR) is 63.8 cm³/mol. The van der Waals surface area contributed by atoms with Gasteiger partial charge in [0.05, 0.1) is 0 Å². The predicted octanol–water partition coefficient (Wildman–Crippen LogP) is 0.560. The van der Waals surface area contributed by atoms with Crippen LogP contribution in [0.2, 0.25) is 0 Å². The molecule has 1 rings (SSSR count). The van der Waals surface area contributed by atoms with Gasteiger partial charge in [-0.15, -0.1) is 0 Å². The van der Waals surface area contributed by atoms with Crippen LogP contribution in [0, 0.1) is 0 Å². The van der Waals surface area contributed by atoms with E-state index in [4.69, 9.17) is 5.11 Å². The van der Waals surface area contributed by atoms with Crippen molar-refractivity contribution in [2.24, 2.45) is 0 Å². The van der Waals surface area contributed by atoms with Gasteiger partial charge in [-0.05, 0) is 19.3 Å². The Morgan fingerprint density at radius 2 is 2.18 bits per heavy atom. The molecule has 0 aromatic carbocycles. The highest BCUT2D eigenvalue weighted by Crippen LogP contribution is 2.23. The lowest BCUT2D eigenvalue weighted by atomic mass is 10.0. The topological polar surface area (TPSA) is 86.7 Å². The highest BCUT2D eigenvalue weighted by Gasteiger charge is 2.31. The monoisotopic (exact) mass is 264 g/mol. The molecule has 0 spiro atoms. The Morgan fingerprint density at radius 3 is 2.76 bits per heavy atom. The van der Waals surface area contributed by atoms with Crippen molar-refractivity contribution in [2.75, 3.05) is 13.1 Å². The second-order valence-corrected chi connectivity index (χ2v) is 5.90. The Bertz CT molecular complexity index is 355. The number of carboxylic acid groups (broad SMARTS) is 1. The summed E-state index contributed by atoms with van der Waals surface area (Å²) in [5, 5.41) is 8.65. The third-order valence-electron chi connectivity index (χ3n) is 2.90. The highest BCUT2D eigenvalue weighted by atomic mass is 32.2. The Labute approximate surface area is 102 Å². The molecule has 100 valence electrons. The molecule has 6 nitrogen and oxygen atoms in total. The van der Waals surface area contributed by atoms with E-state index in [1.165, 1.54) is 4.31 Å². The molecule has 2 N–H and O–H groups in total. The molecule has 1 heterocycles. The van der Waals surface area contributed by atoms with Crippen LogP contribution in [0.5, 0.6) is 0 Å². The second-order valence-electron chi connectivity index (χ2n) is 4.20. The third-order valence-corrected chi connectivity index (χ3v) is 4.65. The summed E-state index contributed by atoms with van der Waals surface area (Å²) in [7, 11) is -3.44. The van der Waals surface area contributed by atoms with Gasteiger partial charge in [-0.2, -0.15) is 12.7 Å². The highest BCUT2D eigenvalue weighted by molar-refractivity contribution is 7.87. The summed E-state index contributed by atoms with van der Waals surface area (Å²) in [6.07, 6.45) is 2.96. The fraction of sp³-hybridized carbons (Fsp3) is 0.900. The summed E-state index contributed by atoms with van der Waals surface area (Å²) < 4.78 is 27.7. The van der Waals surface area contributed by atoms with Crippen molar-refractivity contribution in [3.8, 4) is 0 Å². The smallest absolute Gasteiger partial charge is 0.303 e. The normalized spacial score (nSPS) is 22.5. The number of piperidine rings is 1.